The van der Waals surface area contributed by atoms with Crippen molar-refractivity contribution in [1.82, 2.24) is 10.6 Å². The Morgan fingerprint density at radius 2 is 1.90 bits per heavy atom. The minimum absolute atomic E-state index is 0.111. The molecule has 21 heavy (non-hydrogen) atoms. The van der Waals surface area contributed by atoms with Gasteiger partial charge in [0.25, 0.3) is 0 Å². The summed E-state index contributed by atoms with van der Waals surface area (Å²) in [6.45, 7) is 4.03. The quantitative estimate of drug-likeness (QED) is 0.897. The predicted molar refractivity (Wildman–Crippen MR) is 85.2 cm³/mol. The van der Waals surface area contributed by atoms with E-state index in [1.54, 1.807) is 0 Å². The maximum Gasteiger partial charge on any atom is 0.223 e. The number of piperidine rings is 1. The molecule has 1 atom stereocenters. The number of hydrogen-bond acceptors (Lipinski definition) is 2. The Bertz CT molecular complexity index is 506. The van der Waals surface area contributed by atoms with Crippen LogP contribution in [0.25, 0.3) is 0 Å². The Labute approximate surface area is 127 Å². The van der Waals surface area contributed by atoms with Gasteiger partial charge in [-0.05, 0) is 75.2 Å². The lowest BCUT2D eigenvalue weighted by molar-refractivity contribution is -0.126. The molecule has 3 rings (SSSR count). The van der Waals surface area contributed by atoms with Crippen molar-refractivity contribution >= 4 is 5.91 Å². The van der Waals surface area contributed by atoms with Gasteiger partial charge in [0, 0.05) is 5.92 Å². The molecular weight excluding hydrogens is 260 g/mol. The average Bonchev–Trinajstić information content (AvgIpc) is 2.55. The van der Waals surface area contributed by atoms with Crippen molar-refractivity contribution in [2.24, 2.45) is 5.92 Å². The summed E-state index contributed by atoms with van der Waals surface area (Å²) in [5.41, 5.74) is 4.24. The molecule has 1 unspecified atom stereocenters. The standard InChI is InChI=1S/C18H26N2O/c1-13(20-18(21)15-8-10-19-11-9-15)16-7-6-14-4-2-3-5-17(14)12-16/h6-7,12-13,15,19H,2-5,8-11H2,1H3,(H,20,21). The van der Waals surface area contributed by atoms with Crippen LogP contribution in [-0.4, -0.2) is 19.0 Å². The van der Waals surface area contributed by atoms with Crippen molar-refractivity contribution in [1.29, 1.82) is 0 Å². The molecule has 1 heterocycles. The summed E-state index contributed by atoms with van der Waals surface area (Å²) in [7, 11) is 0. The van der Waals surface area contributed by atoms with Crippen molar-refractivity contribution in [3.63, 3.8) is 0 Å². The highest BCUT2D eigenvalue weighted by Crippen LogP contribution is 2.25. The van der Waals surface area contributed by atoms with Crippen molar-refractivity contribution in [3.05, 3.63) is 34.9 Å². The summed E-state index contributed by atoms with van der Waals surface area (Å²) in [4.78, 5) is 12.3. The molecule has 2 N–H and O–H groups in total. The Balaban J connectivity index is 1.64. The van der Waals surface area contributed by atoms with Gasteiger partial charge >= 0.3 is 0 Å². The number of rotatable bonds is 3. The van der Waals surface area contributed by atoms with Crippen LogP contribution in [0.3, 0.4) is 0 Å². The molecular formula is C18H26N2O. The fourth-order valence-corrected chi connectivity index (χ4v) is 3.52. The minimum Gasteiger partial charge on any atom is -0.349 e. The van der Waals surface area contributed by atoms with Gasteiger partial charge in [-0.2, -0.15) is 0 Å². The molecule has 0 aromatic heterocycles. The van der Waals surface area contributed by atoms with Gasteiger partial charge < -0.3 is 10.6 Å². The van der Waals surface area contributed by atoms with Crippen LogP contribution in [0, 0.1) is 5.92 Å². The van der Waals surface area contributed by atoms with Gasteiger partial charge in [0.1, 0.15) is 0 Å². The van der Waals surface area contributed by atoms with Crippen LogP contribution in [0.1, 0.15) is 55.3 Å². The van der Waals surface area contributed by atoms with E-state index in [-0.39, 0.29) is 17.9 Å². The smallest absolute Gasteiger partial charge is 0.223 e. The SMILES string of the molecule is CC(NC(=O)C1CCNCC1)c1ccc2c(c1)CCCC2. The summed E-state index contributed by atoms with van der Waals surface area (Å²) in [5, 5.41) is 6.51. The fraction of sp³-hybridized carbons (Fsp3) is 0.611. The molecule has 1 aromatic rings. The number of aryl methyl sites for hydroxylation is 2. The lowest BCUT2D eigenvalue weighted by Crippen LogP contribution is -2.39. The van der Waals surface area contributed by atoms with Gasteiger partial charge in [0.2, 0.25) is 5.91 Å². The molecule has 1 aromatic carbocycles. The van der Waals surface area contributed by atoms with Gasteiger partial charge in [0.15, 0.2) is 0 Å². The first-order valence-corrected chi connectivity index (χ1v) is 8.37. The number of carbonyl (C=O) groups excluding carboxylic acids is 1. The van der Waals surface area contributed by atoms with E-state index in [4.69, 9.17) is 0 Å². The maximum atomic E-state index is 12.3. The zero-order chi connectivity index (χ0) is 14.7. The molecule has 2 aliphatic rings. The third kappa shape index (κ3) is 3.46. The molecule has 1 aliphatic heterocycles. The Hall–Kier alpha value is -1.35. The molecule has 0 bridgehead atoms. The highest BCUT2D eigenvalue weighted by molar-refractivity contribution is 5.79. The van der Waals surface area contributed by atoms with Crippen LogP contribution < -0.4 is 10.6 Å². The normalized spacial score (nSPS) is 20.6. The first-order valence-electron chi connectivity index (χ1n) is 8.37. The largest absolute Gasteiger partial charge is 0.349 e. The third-order valence-corrected chi connectivity index (χ3v) is 4.94. The maximum absolute atomic E-state index is 12.3. The van der Waals surface area contributed by atoms with Crippen LogP contribution in [0.5, 0.6) is 0 Å². The van der Waals surface area contributed by atoms with Gasteiger partial charge in [0.05, 0.1) is 6.04 Å². The van der Waals surface area contributed by atoms with Crippen LogP contribution in [0.4, 0.5) is 0 Å². The molecule has 3 heteroatoms. The monoisotopic (exact) mass is 286 g/mol. The second-order valence-electron chi connectivity index (χ2n) is 6.49. The lowest BCUT2D eigenvalue weighted by Gasteiger charge is -2.25. The molecule has 1 fully saturated rings. The average molecular weight is 286 g/mol. The van der Waals surface area contributed by atoms with Gasteiger partial charge in [-0.3, -0.25) is 4.79 Å². The van der Waals surface area contributed by atoms with E-state index < -0.39 is 0 Å². The minimum atomic E-state index is 0.111. The van der Waals surface area contributed by atoms with E-state index in [9.17, 15) is 4.79 Å². The van der Waals surface area contributed by atoms with E-state index in [2.05, 4.69) is 35.8 Å². The molecule has 0 saturated carbocycles. The number of carbonyl (C=O) groups is 1. The number of amides is 1. The van der Waals surface area contributed by atoms with E-state index >= 15 is 0 Å². The first kappa shape index (κ1) is 14.6. The Morgan fingerprint density at radius 1 is 1.19 bits per heavy atom. The molecule has 3 nitrogen and oxygen atoms in total. The van der Waals surface area contributed by atoms with Crippen LogP contribution >= 0.6 is 0 Å². The highest BCUT2D eigenvalue weighted by atomic mass is 16.1. The molecule has 1 saturated heterocycles. The van der Waals surface area contributed by atoms with Crippen LogP contribution in [-0.2, 0) is 17.6 Å². The molecule has 1 aliphatic carbocycles. The molecule has 1 amide bonds. The summed E-state index contributed by atoms with van der Waals surface area (Å²) in [6.07, 6.45) is 6.94. The second kappa shape index (κ2) is 6.61. The van der Waals surface area contributed by atoms with E-state index in [0.29, 0.717) is 0 Å². The summed E-state index contributed by atoms with van der Waals surface area (Å²) in [5.74, 6) is 0.410. The van der Waals surface area contributed by atoms with Crippen molar-refractivity contribution in [2.45, 2.75) is 51.5 Å². The fourth-order valence-electron chi connectivity index (χ4n) is 3.52. The van der Waals surface area contributed by atoms with E-state index in [1.807, 2.05) is 0 Å². The van der Waals surface area contributed by atoms with Crippen molar-refractivity contribution < 1.29 is 4.79 Å². The molecule has 0 radical (unpaired) electrons. The number of hydrogen-bond donors (Lipinski definition) is 2. The number of fused-ring (bicyclic) bond motifs is 1. The topological polar surface area (TPSA) is 41.1 Å². The lowest BCUT2D eigenvalue weighted by atomic mass is 9.89. The number of benzene rings is 1. The van der Waals surface area contributed by atoms with Gasteiger partial charge in [-0.1, -0.05) is 18.2 Å². The molecule has 114 valence electrons. The Morgan fingerprint density at radius 3 is 2.67 bits per heavy atom. The van der Waals surface area contributed by atoms with Gasteiger partial charge in [-0.25, -0.2) is 0 Å². The zero-order valence-electron chi connectivity index (χ0n) is 13.0. The first-order chi connectivity index (χ1) is 10.2. The van der Waals surface area contributed by atoms with E-state index in [0.717, 1.165) is 25.9 Å². The predicted octanol–water partition coefficient (Wildman–Crippen LogP) is 2.74. The van der Waals surface area contributed by atoms with Crippen LogP contribution in [0.15, 0.2) is 18.2 Å². The highest BCUT2D eigenvalue weighted by Gasteiger charge is 2.22. The summed E-state index contributed by atoms with van der Waals surface area (Å²) in [6, 6.07) is 6.87. The third-order valence-electron chi connectivity index (χ3n) is 4.94. The van der Waals surface area contributed by atoms with Crippen LogP contribution in [0.2, 0.25) is 0 Å². The van der Waals surface area contributed by atoms with Crippen molar-refractivity contribution in [2.75, 3.05) is 13.1 Å². The summed E-state index contributed by atoms with van der Waals surface area (Å²) >= 11 is 0. The Kier molecular flexibility index (Phi) is 4.59. The van der Waals surface area contributed by atoms with E-state index in [1.165, 1.54) is 42.4 Å². The number of nitrogens with one attached hydrogen (secondary N) is 2. The second-order valence-corrected chi connectivity index (χ2v) is 6.49. The zero-order valence-corrected chi connectivity index (χ0v) is 13.0. The van der Waals surface area contributed by atoms with Gasteiger partial charge in [-0.15, -0.1) is 0 Å². The molecule has 0 spiro atoms. The van der Waals surface area contributed by atoms with Crippen molar-refractivity contribution in [3.8, 4) is 0 Å². The summed E-state index contributed by atoms with van der Waals surface area (Å²) < 4.78 is 0.